The first kappa shape index (κ1) is 17.6. The molecule has 4 nitrogen and oxygen atoms in total. The van der Waals surface area contributed by atoms with E-state index in [0.717, 1.165) is 42.9 Å². The van der Waals surface area contributed by atoms with E-state index >= 15 is 0 Å². The standard InChI is InChI=1S/C15H16BrF3N4S/c1-22(14-5-13(15(17,18)19)20-9-21-14)11-2-3-23(6-11)7-12-4-10(16)8-24-12/h4-5,8-9,11H,2-3,6-7H2,1H3. The summed E-state index contributed by atoms with van der Waals surface area (Å²) in [5.41, 5.74) is -0.905. The number of likely N-dealkylation sites (N-methyl/N-ethyl adjacent to an activating group) is 1. The van der Waals surface area contributed by atoms with E-state index in [-0.39, 0.29) is 6.04 Å². The van der Waals surface area contributed by atoms with Gasteiger partial charge in [0.05, 0.1) is 0 Å². The highest BCUT2D eigenvalue weighted by molar-refractivity contribution is 9.10. The van der Waals surface area contributed by atoms with Crippen molar-refractivity contribution in [3.05, 3.63) is 38.9 Å². The normalized spacial score (nSPS) is 19.0. The largest absolute Gasteiger partial charge is 0.433 e. The van der Waals surface area contributed by atoms with Crippen LogP contribution in [-0.4, -0.2) is 41.0 Å². The van der Waals surface area contributed by atoms with Crippen molar-refractivity contribution >= 4 is 33.1 Å². The number of anilines is 1. The van der Waals surface area contributed by atoms with Gasteiger partial charge in [-0.2, -0.15) is 13.2 Å². The predicted molar refractivity (Wildman–Crippen MR) is 91.1 cm³/mol. The number of hydrogen-bond acceptors (Lipinski definition) is 5. The number of alkyl halides is 3. The van der Waals surface area contributed by atoms with Crippen LogP contribution in [0.1, 0.15) is 17.0 Å². The molecule has 0 amide bonds. The number of likely N-dealkylation sites (tertiary alicyclic amines) is 1. The smallest absolute Gasteiger partial charge is 0.355 e. The van der Waals surface area contributed by atoms with Crippen LogP contribution in [0.2, 0.25) is 0 Å². The fourth-order valence-electron chi connectivity index (χ4n) is 2.81. The maximum atomic E-state index is 12.8. The van der Waals surface area contributed by atoms with Crippen LogP contribution in [-0.2, 0) is 12.7 Å². The summed E-state index contributed by atoms with van der Waals surface area (Å²) in [7, 11) is 1.79. The Labute approximate surface area is 150 Å². The number of rotatable bonds is 4. The van der Waals surface area contributed by atoms with Crippen LogP contribution in [0, 0.1) is 0 Å². The maximum absolute atomic E-state index is 12.8. The minimum Gasteiger partial charge on any atom is -0.355 e. The van der Waals surface area contributed by atoms with E-state index in [4.69, 9.17) is 0 Å². The third-order valence-corrected chi connectivity index (χ3v) is 5.78. The van der Waals surface area contributed by atoms with E-state index in [1.807, 2.05) is 4.90 Å². The highest BCUT2D eigenvalue weighted by Crippen LogP contribution is 2.30. The predicted octanol–water partition coefficient (Wildman–Crippen LogP) is 4.03. The number of halogens is 4. The van der Waals surface area contributed by atoms with Crippen molar-refractivity contribution in [2.24, 2.45) is 0 Å². The quantitative estimate of drug-likeness (QED) is 0.747. The lowest BCUT2D eigenvalue weighted by Gasteiger charge is -2.26. The number of hydrogen-bond donors (Lipinski definition) is 0. The highest BCUT2D eigenvalue weighted by atomic mass is 79.9. The molecule has 130 valence electrons. The van der Waals surface area contributed by atoms with Crippen molar-refractivity contribution in [2.75, 3.05) is 25.0 Å². The first-order valence-corrected chi connectivity index (χ1v) is 9.07. The van der Waals surface area contributed by atoms with Gasteiger partial charge in [0.15, 0.2) is 0 Å². The lowest BCUT2D eigenvalue weighted by molar-refractivity contribution is -0.141. The Morgan fingerprint density at radius 3 is 2.83 bits per heavy atom. The Kier molecular flexibility index (Phi) is 5.12. The molecule has 1 saturated heterocycles. The van der Waals surface area contributed by atoms with Crippen molar-refractivity contribution in [3.8, 4) is 0 Å². The molecule has 2 aromatic rings. The van der Waals surface area contributed by atoms with Gasteiger partial charge in [-0.15, -0.1) is 11.3 Å². The Bertz CT molecular complexity index is 706. The lowest BCUT2D eigenvalue weighted by Crippen LogP contribution is -2.35. The van der Waals surface area contributed by atoms with Crippen LogP contribution < -0.4 is 4.90 Å². The molecule has 1 aliphatic heterocycles. The van der Waals surface area contributed by atoms with Crippen LogP contribution in [0.4, 0.5) is 19.0 Å². The molecule has 0 N–H and O–H groups in total. The summed E-state index contributed by atoms with van der Waals surface area (Å²) in [6.45, 7) is 2.58. The third kappa shape index (κ3) is 4.07. The fraction of sp³-hybridized carbons (Fsp3) is 0.467. The van der Waals surface area contributed by atoms with Gasteiger partial charge in [-0.05, 0) is 28.4 Å². The van der Waals surface area contributed by atoms with E-state index in [0.29, 0.717) is 5.82 Å². The van der Waals surface area contributed by atoms with Gasteiger partial charge in [0.1, 0.15) is 17.8 Å². The molecule has 2 aromatic heterocycles. The summed E-state index contributed by atoms with van der Waals surface area (Å²) in [4.78, 5) is 12.7. The zero-order chi connectivity index (χ0) is 17.3. The molecule has 0 aliphatic carbocycles. The minimum atomic E-state index is -4.45. The van der Waals surface area contributed by atoms with Crippen LogP contribution in [0.5, 0.6) is 0 Å². The molecule has 3 rings (SSSR count). The molecule has 0 bridgehead atoms. The topological polar surface area (TPSA) is 32.3 Å². The van der Waals surface area contributed by atoms with E-state index < -0.39 is 11.9 Å². The zero-order valence-corrected chi connectivity index (χ0v) is 15.3. The number of nitrogens with zero attached hydrogens (tertiary/aromatic N) is 4. The van der Waals surface area contributed by atoms with E-state index in [1.165, 1.54) is 4.88 Å². The van der Waals surface area contributed by atoms with Crippen molar-refractivity contribution in [3.63, 3.8) is 0 Å². The molecule has 0 radical (unpaired) electrons. The van der Waals surface area contributed by atoms with E-state index in [9.17, 15) is 13.2 Å². The zero-order valence-electron chi connectivity index (χ0n) is 12.9. The molecular formula is C15H16BrF3N4S. The van der Waals surface area contributed by atoms with Crippen LogP contribution in [0.15, 0.2) is 28.3 Å². The molecule has 24 heavy (non-hydrogen) atoms. The molecule has 0 aromatic carbocycles. The van der Waals surface area contributed by atoms with Crippen molar-refractivity contribution in [1.82, 2.24) is 14.9 Å². The second-order valence-corrected chi connectivity index (χ2v) is 7.69. The van der Waals surface area contributed by atoms with Crippen molar-refractivity contribution in [2.45, 2.75) is 25.2 Å². The average Bonchev–Trinajstić information content (AvgIpc) is 3.15. The SMILES string of the molecule is CN(c1cc(C(F)(F)F)ncn1)C1CCN(Cc2cc(Br)cs2)C1. The fourth-order valence-corrected chi connectivity index (χ4v) is 4.30. The molecule has 1 aliphatic rings. The van der Waals surface area contributed by atoms with Gasteiger partial charge >= 0.3 is 6.18 Å². The molecule has 9 heteroatoms. The van der Waals surface area contributed by atoms with Crippen LogP contribution in [0.3, 0.4) is 0 Å². The molecular weight excluding hydrogens is 405 g/mol. The van der Waals surface area contributed by atoms with Gasteiger partial charge in [0, 0.05) is 53.5 Å². The maximum Gasteiger partial charge on any atom is 0.433 e. The summed E-state index contributed by atoms with van der Waals surface area (Å²) < 4.78 is 39.5. The lowest BCUT2D eigenvalue weighted by atomic mass is 10.2. The molecule has 3 heterocycles. The second kappa shape index (κ2) is 6.97. The summed E-state index contributed by atoms with van der Waals surface area (Å²) in [5.74, 6) is 0.308. The molecule has 0 saturated carbocycles. The highest BCUT2D eigenvalue weighted by Gasteiger charge is 2.34. The van der Waals surface area contributed by atoms with Crippen LogP contribution in [0.25, 0.3) is 0 Å². The van der Waals surface area contributed by atoms with E-state index in [1.54, 1.807) is 18.4 Å². The Balaban J connectivity index is 1.65. The summed E-state index contributed by atoms with van der Waals surface area (Å²) >= 11 is 5.15. The van der Waals surface area contributed by atoms with Gasteiger partial charge in [-0.25, -0.2) is 9.97 Å². The molecule has 1 fully saturated rings. The summed E-state index contributed by atoms with van der Waals surface area (Å²) in [5, 5.41) is 2.05. The molecule has 1 unspecified atom stereocenters. The van der Waals surface area contributed by atoms with E-state index in [2.05, 4.69) is 42.2 Å². The monoisotopic (exact) mass is 420 g/mol. The Hall–Kier alpha value is -1.19. The first-order valence-electron chi connectivity index (χ1n) is 7.40. The third-order valence-electron chi connectivity index (χ3n) is 4.10. The second-order valence-electron chi connectivity index (χ2n) is 5.78. The summed E-state index contributed by atoms with van der Waals surface area (Å²) in [6, 6.07) is 3.25. The number of thiophene rings is 1. The van der Waals surface area contributed by atoms with Gasteiger partial charge < -0.3 is 4.90 Å². The Morgan fingerprint density at radius 2 is 2.17 bits per heavy atom. The Morgan fingerprint density at radius 1 is 1.38 bits per heavy atom. The minimum absolute atomic E-state index is 0.143. The average molecular weight is 421 g/mol. The van der Waals surface area contributed by atoms with Gasteiger partial charge in [-0.1, -0.05) is 0 Å². The van der Waals surface area contributed by atoms with Crippen LogP contribution >= 0.6 is 27.3 Å². The number of aromatic nitrogens is 2. The van der Waals surface area contributed by atoms with Gasteiger partial charge in [-0.3, -0.25) is 4.90 Å². The van der Waals surface area contributed by atoms with Gasteiger partial charge in [0.25, 0.3) is 0 Å². The van der Waals surface area contributed by atoms with Crippen molar-refractivity contribution in [1.29, 1.82) is 0 Å². The molecule has 0 spiro atoms. The van der Waals surface area contributed by atoms with Crippen molar-refractivity contribution < 1.29 is 13.2 Å². The molecule has 1 atom stereocenters. The first-order chi connectivity index (χ1) is 11.3. The summed E-state index contributed by atoms with van der Waals surface area (Å²) in [6.07, 6.45) is -2.58. The van der Waals surface area contributed by atoms with Gasteiger partial charge in [0.2, 0.25) is 0 Å².